The number of nitrogens with two attached hydrogens (primary N) is 1. The number of amides is 1. The van der Waals surface area contributed by atoms with Crippen molar-refractivity contribution in [2.45, 2.75) is 39.2 Å². The van der Waals surface area contributed by atoms with Crippen LogP contribution >= 0.6 is 11.6 Å². The molecule has 0 saturated carbocycles. The van der Waals surface area contributed by atoms with Gasteiger partial charge in [-0.25, -0.2) is 0 Å². The molecule has 0 fully saturated rings. The van der Waals surface area contributed by atoms with E-state index >= 15 is 0 Å². The monoisotopic (exact) mass is 298 g/mol. The molecule has 0 heterocycles. The van der Waals surface area contributed by atoms with Crippen LogP contribution in [0.4, 0.5) is 0 Å². The summed E-state index contributed by atoms with van der Waals surface area (Å²) in [5.74, 6) is 0.472. The fourth-order valence-electron chi connectivity index (χ4n) is 1.95. The Labute approximate surface area is 125 Å². The van der Waals surface area contributed by atoms with E-state index in [2.05, 4.69) is 5.32 Å². The van der Waals surface area contributed by atoms with Gasteiger partial charge in [-0.3, -0.25) is 4.79 Å². The third-order valence-electron chi connectivity index (χ3n) is 3.65. The molecule has 0 aliphatic carbocycles. The second-order valence-electron chi connectivity index (χ2n) is 4.94. The largest absolute Gasteiger partial charge is 0.484 e. The first-order chi connectivity index (χ1) is 9.46. The minimum atomic E-state index is -0.337. The second kappa shape index (κ2) is 7.50. The molecule has 4 nitrogen and oxygen atoms in total. The van der Waals surface area contributed by atoms with Gasteiger partial charge in [-0.2, -0.15) is 0 Å². The Morgan fingerprint density at radius 2 is 2.05 bits per heavy atom. The molecule has 1 aromatic carbocycles. The molecule has 5 heteroatoms. The van der Waals surface area contributed by atoms with Gasteiger partial charge in [0.2, 0.25) is 0 Å². The Balaban J connectivity index is 2.56. The third-order valence-corrected chi connectivity index (χ3v) is 4.07. The SMILES string of the molecule is CCC(CC)(CN)NC(=O)COc1ccc(Cl)c(C)c1. The quantitative estimate of drug-likeness (QED) is 0.813. The molecule has 1 aromatic rings. The van der Waals surface area contributed by atoms with Crippen LogP contribution in [0.5, 0.6) is 5.75 Å². The molecule has 1 rings (SSSR count). The smallest absolute Gasteiger partial charge is 0.258 e. The van der Waals surface area contributed by atoms with Gasteiger partial charge in [0, 0.05) is 11.6 Å². The number of carbonyl (C=O) groups is 1. The van der Waals surface area contributed by atoms with Crippen LogP contribution in [0.1, 0.15) is 32.3 Å². The summed E-state index contributed by atoms with van der Waals surface area (Å²) in [6.45, 7) is 6.32. The summed E-state index contributed by atoms with van der Waals surface area (Å²) in [5, 5.41) is 3.64. The van der Waals surface area contributed by atoms with Gasteiger partial charge in [0.05, 0.1) is 5.54 Å². The normalized spacial score (nSPS) is 11.2. The highest BCUT2D eigenvalue weighted by atomic mass is 35.5. The summed E-state index contributed by atoms with van der Waals surface area (Å²) in [5.41, 5.74) is 6.33. The van der Waals surface area contributed by atoms with E-state index in [1.807, 2.05) is 26.8 Å². The first kappa shape index (κ1) is 16.8. The molecule has 0 saturated heterocycles. The number of hydrogen-bond acceptors (Lipinski definition) is 3. The third kappa shape index (κ3) is 4.39. The molecule has 0 unspecified atom stereocenters. The maximum absolute atomic E-state index is 11.9. The molecule has 20 heavy (non-hydrogen) atoms. The molecule has 112 valence electrons. The lowest BCUT2D eigenvalue weighted by Crippen LogP contribution is -2.54. The number of benzene rings is 1. The van der Waals surface area contributed by atoms with Gasteiger partial charge in [0.15, 0.2) is 6.61 Å². The predicted molar refractivity (Wildman–Crippen MR) is 82.2 cm³/mol. The van der Waals surface area contributed by atoms with Crippen LogP contribution in [0.3, 0.4) is 0 Å². The van der Waals surface area contributed by atoms with Crippen LogP contribution in [0.25, 0.3) is 0 Å². The van der Waals surface area contributed by atoms with Crippen LogP contribution in [0.2, 0.25) is 5.02 Å². The second-order valence-corrected chi connectivity index (χ2v) is 5.35. The average Bonchev–Trinajstić information content (AvgIpc) is 2.46. The van der Waals surface area contributed by atoms with Gasteiger partial charge in [-0.05, 0) is 43.5 Å². The number of nitrogens with one attached hydrogen (secondary N) is 1. The van der Waals surface area contributed by atoms with E-state index in [9.17, 15) is 4.79 Å². The lowest BCUT2D eigenvalue weighted by molar-refractivity contribution is -0.125. The summed E-state index contributed by atoms with van der Waals surface area (Å²) in [6, 6.07) is 5.32. The number of rotatable bonds is 7. The Kier molecular flexibility index (Phi) is 6.30. The molecule has 0 bridgehead atoms. The number of halogens is 1. The number of aryl methyl sites for hydroxylation is 1. The van der Waals surface area contributed by atoms with Crippen LogP contribution in [-0.4, -0.2) is 24.6 Å². The molecule has 0 aromatic heterocycles. The predicted octanol–water partition coefficient (Wildman–Crippen LogP) is 2.66. The summed E-state index contributed by atoms with van der Waals surface area (Å²) in [4.78, 5) is 11.9. The van der Waals surface area contributed by atoms with Gasteiger partial charge in [0.25, 0.3) is 5.91 Å². The fraction of sp³-hybridized carbons (Fsp3) is 0.533. The zero-order valence-corrected chi connectivity index (χ0v) is 13.1. The summed E-state index contributed by atoms with van der Waals surface area (Å²) < 4.78 is 5.47. The zero-order chi connectivity index (χ0) is 15.2. The maximum Gasteiger partial charge on any atom is 0.258 e. The molecule has 0 atom stereocenters. The Bertz CT molecular complexity index is 451. The highest BCUT2D eigenvalue weighted by Gasteiger charge is 2.26. The molecular weight excluding hydrogens is 276 g/mol. The highest BCUT2D eigenvalue weighted by molar-refractivity contribution is 6.31. The Morgan fingerprint density at radius 1 is 1.40 bits per heavy atom. The van der Waals surface area contributed by atoms with E-state index in [-0.39, 0.29) is 18.1 Å². The van der Waals surface area contributed by atoms with E-state index in [4.69, 9.17) is 22.1 Å². The number of hydrogen-bond donors (Lipinski definition) is 2. The Hall–Kier alpha value is -1.26. The van der Waals surface area contributed by atoms with Gasteiger partial charge >= 0.3 is 0 Å². The summed E-state index contributed by atoms with van der Waals surface area (Å²) >= 11 is 5.94. The topological polar surface area (TPSA) is 64.3 Å². The van der Waals surface area contributed by atoms with Gasteiger partial charge in [0.1, 0.15) is 5.75 Å². The van der Waals surface area contributed by atoms with Crippen molar-refractivity contribution in [1.29, 1.82) is 0 Å². The van der Waals surface area contributed by atoms with Crippen molar-refractivity contribution in [1.82, 2.24) is 5.32 Å². The van der Waals surface area contributed by atoms with Gasteiger partial charge in [-0.1, -0.05) is 25.4 Å². The minimum Gasteiger partial charge on any atom is -0.484 e. The first-order valence-corrected chi connectivity index (χ1v) is 7.24. The van der Waals surface area contributed by atoms with Crippen LogP contribution < -0.4 is 15.8 Å². The van der Waals surface area contributed by atoms with Crippen molar-refractivity contribution in [2.24, 2.45) is 5.73 Å². The van der Waals surface area contributed by atoms with E-state index in [1.54, 1.807) is 12.1 Å². The van der Waals surface area contributed by atoms with Crippen molar-refractivity contribution in [3.05, 3.63) is 28.8 Å². The van der Waals surface area contributed by atoms with Crippen molar-refractivity contribution < 1.29 is 9.53 Å². The molecule has 0 spiro atoms. The van der Waals surface area contributed by atoms with Crippen molar-refractivity contribution in [3.8, 4) is 5.75 Å². The molecule has 0 aliphatic rings. The van der Waals surface area contributed by atoms with Crippen molar-refractivity contribution in [2.75, 3.05) is 13.2 Å². The van der Waals surface area contributed by atoms with E-state index < -0.39 is 0 Å². The lowest BCUT2D eigenvalue weighted by Gasteiger charge is -2.31. The average molecular weight is 299 g/mol. The molecular formula is C15H23ClN2O2. The molecule has 1 amide bonds. The number of ether oxygens (including phenoxy) is 1. The van der Waals surface area contributed by atoms with E-state index in [0.717, 1.165) is 18.4 Å². The summed E-state index contributed by atoms with van der Waals surface area (Å²) in [7, 11) is 0. The van der Waals surface area contributed by atoms with Gasteiger partial charge in [-0.15, -0.1) is 0 Å². The molecule has 0 aliphatic heterocycles. The number of carbonyl (C=O) groups excluding carboxylic acids is 1. The van der Waals surface area contributed by atoms with Crippen LogP contribution in [0, 0.1) is 6.92 Å². The van der Waals surface area contributed by atoms with E-state index in [0.29, 0.717) is 17.3 Å². The molecule has 3 N–H and O–H groups in total. The van der Waals surface area contributed by atoms with Crippen molar-refractivity contribution in [3.63, 3.8) is 0 Å². The van der Waals surface area contributed by atoms with Crippen LogP contribution in [-0.2, 0) is 4.79 Å². The van der Waals surface area contributed by atoms with E-state index in [1.165, 1.54) is 0 Å². The Morgan fingerprint density at radius 3 is 2.55 bits per heavy atom. The zero-order valence-electron chi connectivity index (χ0n) is 12.3. The first-order valence-electron chi connectivity index (χ1n) is 6.86. The van der Waals surface area contributed by atoms with Crippen molar-refractivity contribution >= 4 is 17.5 Å². The maximum atomic E-state index is 11.9. The lowest BCUT2D eigenvalue weighted by atomic mass is 9.93. The minimum absolute atomic E-state index is 0.0250. The molecule has 0 radical (unpaired) electrons. The highest BCUT2D eigenvalue weighted by Crippen LogP contribution is 2.21. The standard InChI is InChI=1S/C15H23ClN2O2/c1-4-15(5-2,10-17)18-14(19)9-20-12-6-7-13(16)11(3)8-12/h6-8H,4-5,9-10,17H2,1-3H3,(H,18,19). The summed E-state index contributed by atoms with van der Waals surface area (Å²) in [6.07, 6.45) is 1.59. The van der Waals surface area contributed by atoms with Crippen LogP contribution in [0.15, 0.2) is 18.2 Å². The fourth-order valence-corrected chi connectivity index (χ4v) is 2.07. The van der Waals surface area contributed by atoms with Gasteiger partial charge < -0.3 is 15.8 Å².